The number of allylic oxidation sites excluding steroid dienone is 2. The minimum atomic E-state index is -1.34. The van der Waals surface area contributed by atoms with Crippen molar-refractivity contribution in [3.05, 3.63) is 72.1 Å². The molecular weight excluding hydrogens is 445 g/mol. The highest BCUT2D eigenvalue weighted by atomic mass is 19.1. The summed E-state index contributed by atoms with van der Waals surface area (Å²) in [6, 6.07) is 14.8. The van der Waals surface area contributed by atoms with E-state index in [2.05, 4.69) is 22.0 Å². The van der Waals surface area contributed by atoms with Crippen LogP contribution in [-0.4, -0.2) is 56.9 Å². The Hall–Kier alpha value is -2.74. The van der Waals surface area contributed by atoms with Gasteiger partial charge >= 0.3 is 0 Å². The average Bonchev–Trinajstić information content (AvgIpc) is 3.55. The van der Waals surface area contributed by atoms with Crippen LogP contribution >= 0.6 is 0 Å². The van der Waals surface area contributed by atoms with E-state index in [9.17, 15) is 9.18 Å². The van der Waals surface area contributed by atoms with E-state index >= 15 is 0 Å². The van der Waals surface area contributed by atoms with Gasteiger partial charge in [0.25, 0.3) is 11.7 Å². The van der Waals surface area contributed by atoms with Crippen molar-refractivity contribution < 1.29 is 18.7 Å². The molecular formula is C28H30FN3O3. The Balaban J connectivity index is 1.08. The number of carbonyl (C=O) groups is 1. The largest absolute Gasteiger partial charge is 0.367 e. The van der Waals surface area contributed by atoms with Crippen molar-refractivity contribution in [2.45, 2.75) is 18.6 Å². The zero-order valence-corrected chi connectivity index (χ0v) is 19.7. The standard InChI is InChI=1S/C28H30FN3O3/c29-23-6-2-4-8-25(23)31-13-11-30(12-14-31)19-32-24-7-3-1-5-22(24)28(26(32)33)34-17-27(18-35-28)16-20-9-10-21(27)15-20/h1-10,20-21H,11-19H2/t20-,21-,27?,28?/m0/s1. The molecule has 3 aliphatic heterocycles. The number of para-hydroxylation sites is 2. The lowest BCUT2D eigenvalue weighted by molar-refractivity contribution is -0.295. The van der Waals surface area contributed by atoms with Gasteiger partial charge in [0.05, 0.1) is 31.3 Å². The van der Waals surface area contributed by atoms with Gasteiger partial charge in [-0.15, -0.1) is 0 Å². The summed E-state index contributed by atoms with van der Waals surface area (Å²) in [7, 11) is 0. The van der Waals surface area contributed by atoms with Crippen molar-refractivity contribution >= 4 is 17.3 Å². The van der Waals surface area contributed by atoms with E-state index in [4.69, 9.17) is 9.47 Å². The lowest BCUT2D eigenvalue weighted by atomic mass is 9.76. The van der Waals surface area contributed by atoms with Crippen molar-refractivity contribution in [1.29, 1.82) is 0 Å². The average molecular weight is 476 g/mol. The molecule has 2 bridgehead atoms. The second kappa shape index (κ2) is 7.88. The number of piperazine rings is 1. The van der Waals surface area contributed by atoms with Crippen molar-refractivity contribution in [3.8, 4) is 0 Å². The first-order valence-corrected chi connectivity index (χ1v) is 12.7. The molecule has 182 valence electrons. The normalized spacial score (nSPS) is 33.9. The van der Waals surface area contributed by atoms with E-state index in [1.54, 1.807) is 6.07 Å². The second-order valence-electron chi connectivity index (χ2n) is 10.7. The van der Waals surface area contributed by atoms with Crippen LogP contribution in [0.25, 0.3) is 0 Å². The molecule has 2 atom stereocenters. The molecule has 0 N–H and O–H groups in total. The highest BCUT2D eigenvalue weighted by molar-refractivity contribution is 6.06. The van der Waals surface area contributed by atoms with Crippen LogP contribution in [0.15, 0.2) is 60.7 Å². The molecule has 2 saturated heterocycles. The summed E-state index contributed by atoms with van der Waals surface area (Å²) in [5.41, 5.74) is 2.31. The number of amides is 1. The molecule has 3 fully saturated rings. The van der Waals surface area contributed by atoms with Crippen LogP contribution in [0.1, 0.15) is 18.4 Å². The van der Waals surface area contributed by atoms with E-state index in [0.29, 0.717) is 50.5 Å². The topological polar surface area (TPSA) is 45.3 Å². The third-order valence-corrected chi connectivity index (χ3v) is 8.74. The van der Waals surface area contributed by atoms with Crippen LogP contribution in [0.3, 0.4) is 0 Å². The fraction of sp³-hybridized carbons (Fsp3) is 0.464. The Labute approximate surface area is 204 Å². The summed E-state index contributed by atoms with van der Waals surface area (Å²) < 4.78 is 27.1. The maximum atomic E-state index is 14.2. The van der Waals surface area contributed by atoms with Crippen LogP contribution in [-0.2, 0) is 20.1 Å². The van der Waals surface area contributed by atoms with Crippen molar-refractivity contribution in [2.75, 3.05) is 55.9 Å². The molecule has 7 rings (SSSR count). The molecule has 1 saturated carbocycles. The van der Waals surface area contributed by atoms with Crippen LogP contribution in [0, 0.1) is 23.1 Å². The van der Waals surface area contributed by atoms with Gasteiger partial charge in [-0.2, -0.15) is 0 Å². The lowest BCUT2D eigenvalue weighted by Crippen LogP contribution is -2.56. The first kappa shape index (κ1) is 21.5. The molecule has 0 unspecified atom stereocenters. The molecule has 0 aromatic heterocycles. The SMILES string of the molecule is O=C1N(CN2CCN(c3ccccc3F)CC2)c2ccccc2C12OCC1(CO2)C[C@H]2C=C[C@H]1C2. The van der Waals surface area contributed by atoms with Gasteiger partial charge in [-0.25, -0.2) is 4.39 Å². The number of halogens is 1. The number of anilines is 2. The molecule has 7 heteroatoms. The molecule has 5 aliphatic rings. The van der Waals surface area contributed by atoms with Gasteiger partial charge in [-0.05, 0) is 42.9 Å². The van der Waals surface area contributed by atoms with Gasteiger partial charge in [0.2, 0.25) is 0 Å². The third-order valence-electron chi connectivity index (χ3n) is 8.74. The Morgan fingerprint density at radius 3 is 2.31 bits per heavy atom. The quantitative estimate of drug-likeness (QED) is 0.633. The summed E-state index contributed by atoms with van der Waals surface area (Å²) in [5.74, 6) is -0.570. The maximum Gasteiger partial charge on any atom is 0.293 e. The summed E-state index contributed by atoms with van der Waals surface area (Å²) in [6.07, 6.45) is 6.89. The minimum absolute atomic E-state index is 0.00362. The van der Waals surface area contributed by atoms with E-state index in [0.717, 1.165) is 30.8 Å². The number of carbonyl (C=O) groups excluding carboxylic acids is 1. The van der Waals surface area contributed by atoms with Crippen LogP contribution in [0.5, 0.6) is 0 Å². The highest BCUT2D eigenvalue weighted by Crippen LogP contribution is 2.57. The first-order chi connectivity index (χ1) is 17.1. The third kappa shape index (κ3) is 3.21. The molecule has 6 nitrogen and oxygen atoms in total. The number of benzene rings is 2. The van der Waals surface area contributed by atoms with Crippen LogP contribution in [0.2, 0.25) is 0 Å². The van der Waals surface area contributed by atoms with E-state index in [-0.39, 0.29) is 17.1 Å². The predicted octanol–water partition coefficient (Wildman–Crippen LogP) is 3.73. The van der Waals surface area contributed by atoms with Gasteiger partial charge in [0.1, 0.15) is 5.82 Å². The highest BCUT2D eigenvalue weighted by Gasteiger charge is 2.61. The van der Waals surface area contributed by atoms with Gasteiger partial charge in [-0.1, -0.05) is 42.5 Å². The molecule has 0 radical (unpaired) electrons. The monoisotopic (exact) mass is 475 g/mol. The zero-order valence-electron chi connectivity index (χ0n) is 19.7. The maximum absolute atomic E-state index is 14.2. The van der Waals surface area contributed by atoms with Crippen molar-refractivity contribution in [1.82, 2.24) is 4.90 Å². The fourth-order valence-corrected chi connectivity index (χ4v) is 6.81. The number of fused-ring (bicyclic) bond motifs is 5. The van der Waals surface area contributed by atoms with Crippen molar-refractivity contribution in [3.63, 3.8) is 0 Å². The minimum Gasteiger partial charge on any atom is -0.367 e. The molecule has 35 heavy (non-hydrogen) atoms. The summed E-state index contributed by atoms with van der Waals surface area (Å²) in [4.78, 5) is 20.0. The molecule has 2 aromatic rings. The van der Waals surface area contributed by atoms with Gasteiger partial charge in [0, 0.05) is 37.2 Å². The smallest absolute Gasteiger partial charge is 0.293 e. The van der Waals surface area contributed by atoms with Gasteiger partial charge < -0.3 is 14.4 Å². The number of ether oxygens (including phenoxy) is 2. The fourth-order valence-electron chi connectivity index (χ4n) is 6.81. The Bertz CT molecular complexity index is 1180. The van der Waals surface area contributed by atoms with Crippen LogP contribution < -0.4 is 9.80 Å². The Morgan fingerprint density at radius 1 is 0.914 bits per heavy atom. The predicted molar refractivity (Wildman–Crippen MR) is 130 cm³/mol. The second-order valence-corrected chi connectivity index (χ2v) is 10.7. The Morgan fingerprint density at radius 2 is 1.63 bits per heavy atom. The summed E-state index contributed by atoms with van der Waals surface area (Å²) >= 11 is 0. The van der Waals surface area contributed by atoms with E-state index in [1.807, 2.05) is 41.3 Å². The number of hydrogen-bond acceptors (Lipinski definition) is 5. The van der Waals surface area contributed by atoms with Crippen molar-refractivity contribution in [2.24, 2.45) is 17.3 Å². The number of rotatable bonds is 3. The molecule has 2 spiro atoms. The Kier molecular flexibility index (Phi) is 4.85. The summed E-state index contributed by atoms with van der Waals surface area (Å²) in [6.45, 7) is 4.47. The molecule has 1 amide bonds. The molecule has 3 heterocycles. The first-order valence-electron chi connectivity index (χ1n) is 12.7. The van der Waals surface area contributed by atoms with E-state index < -0.39 is 5.79 Å². The number of hydrogen-bond donors (Lipinski definition) is 0. The van der Waals surface area contributed by atoms with Gasteiger partial charge in [0.15, 0.2) is 0 Å². The van der Waals surface area contributed by atoms with E-state index in [1.165, 1.54) is 12.5 Å². The zero-order chi connectivity index (χ0) is 23.6. The molecule has 2 aromatic carbocycles. The lowest BCUT2D eigenvalue weighted by Gasteiger charge is -2.45. The van der Waals surface area contributed by atoms with Gasteiger partial charge in [-0.3, -0.25) is 14.6 Å². The number of nitrogens with zero attached hydrogens (tertiary/aromatic N) is 3. The van der Waals surface area contributed by atoms with Crippen LogP contribution in [0.4, 0.5) is 15.8 Å². The summed E-state index contributed by atoms with van der Waals surface area (Å²) in [5, 5.41) is 0. The molecule has 2 aliphatic carbocycles.